The van der Waals surface area contributed by atoms with Crippen LogP contribution in [0.15, 0.2) is 18.2 Å². The smallest absolute Gasteiger partial charge is 0.315 e. The third-order valence-corrected chi connectivity index (χ3v) is 4.97. The van der Waals surface area contributed by atoms with E-state index >= 15 is 0 Å². The van der Waals surface area contributed by atoms with Gasteiger partial charge in [0.05, 0.1) is 0 Å². The number of carbonyl (C=O) groups excluding carboxylic acids is 2. The lowest BCUT2D eigenvalue weighted by atomic mass is 10.0. The van der Waals surface area contributed by atoms with Gasteiger partial charge in [0, 0.05) is 12.0 Å². The molecule has 1 saturated carbocycles. The van der Waals surface area contributed by atoms with Gasteiger partial charge in [-0.3, -0.25) is 9.59 Å². The second-order valence-electron chi connectivity index (χ2n) is 5.51. The summed E-state index contributed by atoms with van der Waals surface area (Å²) in [6, 6.07) is 5.39. The predicted molar refractivity (Wildman–Crippen MR) is 78.4 cm³/mol. The Kier molecular flexibility index (Phi) is 3.87. The summed E-state index contributed by atoms with van der Waals surface area (Å²) in [5.74, 6) is -0.764. The molecule has 1 atom stereocenters. The summed E-state index contributed by atoms with van der Waals surface area (Å²) in [5.41, 5.74) is 1.76. The molecule has 0 aliphatic heterocycles. The lowest BCUT2D eigenvalue weighted by Crippen LogP contribution is -2.24. The SMILES string of the molecule is Cc1ccc(C(=O)COC(=O)C2(C)CC2(Cl)Cl)cc1C. The minimum Gasteiger partial charge on any atom is -0.457 e. The minimum absolute atomic E-state index is 0.236. The van der Waals surface area contributed by atoms with Crippen molar-refractivity contribution < 1.29 is 14.3 Å². The molecule has 1 aliphatic carbocycles. The molecule has 1 fully saturated rings. The Hall–Kier alpha value is -1.06. The molecule has 5 heteroatoms. The normalized spacial score (nSPS) is 23.2. The number of Topliss-reactive ketones (excluding diaryl/α,β-unsaturated/α-hetero) is 1. The zero-order chi connectivity index (χ0) is 15.1. The molecule has 0 bridgehead atoms. The van der Waals surface area contributed by atoms with Gasteiger partial charge in [-0.05, 0) is 38.0 Å². The number of alkyl halides is 2. The first-order valence-corrected chi connectivity index (χ1v) is 7.08. The van der Waals surface area contributed by atoms with Gasteiger partial charge in [0.15, 0.2) is 12.4 Å². The molecular weight excluding hydrogens is 299 g/mol. The molecular formula is C15H16Cl2O3. The summed E-state index contributed by atoms with van der Waals surface area (Å²) in [5, 5.41) is 0. The number of aryl methyl sites for hydroxylation is 2. The van der Waals surface area contributed by atoms with Crippen LogP contribution in [0.25, 0.3) is 0 Å². The van der Waals surface area contributed by atoms with Crippen molar-refractivity contribution in [3.8, 4) is 0 Å². The molecule has 1 aromatic rings. The molecule has 0 amide bonds. The van der Waals surface area contributed by atoms with Crippen molar-refractivity contribution in [3.05, 3.63) is 34.9 Å². The fourth-order valence-corrected chi connectivity index (χ4v) is 2.60. The van der Waals surface area contributed by atoms with Crippen molar-refractivity contribution in [2.45, 2.75) is 31.5 Å². The number of esters is 1. The Bertz CT molecular complexity index is 580. The summed E-state index contributed by atoms with van der Waals surface area (Å²) in [6.45, 7) is 5.24. The molecule has 0 radical (unpaired) electrons. The van der Waals surface area contributed by atoms with Gasteiger partial charge in [-0.15, -0.1) is 23.2 Å². The minimum atomic E-state index is -1.08. The number of rotatable bonds is 4. The fraction of sp³-hybridized carbons (Fsp3) is 0.467. The van der Waals surface area contributed by atoms with Gasteiger partial charge in [-0.1, -0.05) is 12.1 Å². The molecule has 108 valence electrons. The second-order valence-corrected chi connectivity index (χ2v) is 7.00. The molecule has 0 spiro atoms. The number of benzene rings is 1. The topological polar surface area (TPSA) is 43.4 Å². The van der Waals surface area contributed by atoms with Crippen molar-refractivity contribution in [2.75, 3.05) is 6.61 Å². The van der Waals surface area contributed by atoms with E-state index in [1.54, 1.807) is 19.1 Å². The summed E-state index contributed by atoms with van der Waals surface area (Å²) in [7, 11) is 0. The van der Waals surface area contributed by atoms with Gasteiger partial charge in [0.2, 0.25) is 0 Å². The van der Waals surface area contributed by atoms with Crippen molar-refractivity contribution in [3.63, 3.8) is 0 Å². The predicted octanol–water partition coefficient (Wildman–Crippen LogP) is 3.61. The maximum atomic E-state index is 12.0. The van der Waals surface area contributed by atoms with Gasteiger partial charge in [0.1, 0.15) is 9.75 Å². The zero-order valence-electron chi connectivity index (χ0n) is 11.6. The van der Waals surface area contributed by atoms with E-state index in [-0.39, 0.29) is 12.4 Å². The highest BCUT2D eigenvalue weighted by molar-refractivity contribution is 6.53. The maximum absolute atomic E-state index is 12.0. The average Bonchev–Trinajstić information content (AvgIpc) is 2.90. The van der Waals surface area contributed by atoms with Crippen LogP contribution in [-0.4, -0.2) is 22.7 Å². The van der Waals surface area contributed by atoms with Crippen LogP contribution in [0.4, 0.5) is 0 Å². The molecule has 1 aromatic carbocycles. The van der Waals surface area contributed by atoms with E-state index in [4.69, 9.17) is 27.9 Å². The lowest BCUT2D eigenvalue weighted by molar-refractivity contribution is -0.148. The van der Waals surface area contributed by atoms with Gasteiger partial charge in [0.25, 0.3) is 0 Å². The van der Waals surface area contributed by atoms with Gasteiger partial charge in [-0.2, -0.15) is 0 Å². The molecule has 0 aromatic heterocycles. The van der Waals surface area contributed by atoms with Crippen LogP contribution in [0.2, 0.25) is 0 Å². The zero-order valence-corrected chi connectivity index (χ0v) is 13.1. The molecule has 0 heterocycles. The maximum Gasteiger partial charge on any atom is 0.315 e. The third kappa shape index (κ3) is 2.70. The van der Waals surface area contributed by atoms with Crippen LogP contribution >= 0.6 is 23.2 Å². The van der Waals surface area contributed by atoms with Gasteiger partial charge in [-0.25, -0.2) is 0 Å². The van der Waals surface area contributed by atoms with Crippen LogP contribution in [0.1, 0.15) is 34.8 Å². The molecule has 3 nitrogen and oxygen atoms in total. The highest BCUT2D eigenvalue weighted by atomic mass is 35.5. The highest BCUT2D eigenvalue weighted by Crippen LogP contribution is 2.64. The Morgan fingerprint density at radius 3 is 2.35 bits per heavy atom. The first-order chi connectivity index (χ1) is 9.17. The molecule has 0 saturated heterocycles. The van der Waals surface area contributed by atoms with Crippen LogP contribution in [0.3, 0.4) is 0 Å². The lowest BCUT2D eigenvalue weighted by Gasteiger charge is -2.11. The van der Waals surface area contributed by atoms with Crippen LogP contribution < -0.4 is 0 Å². The molecule has 1 aliphatic rings. The number of ketones is 1. The summed E-state index contributed by atoms with van der Waals surface area (Å²) in [4.78, 5) is 23.8. The monoisotopic (exact) mass is 314 g/mol. The molecule has 20 heavy (non-hydrogen) atoms. The Morgan fingerprint density at radius 2 is 1.85 bits per heavy atom. The van der Waals surface area contributed by atoms with E-state index in [1.165, 1.54) is 0 Å². The van der Waals surface area contributed by atoms with Crippen LogP contribution in [-0.2, 0) is 9.53 Å². The largest absolute Gasteiger partial charge is 0.457 e. The Labute approximate surface area is 128 Å². The summed E-state index contributed by atoms with van der Waals surface area (Å²) in [6.07, 6.45) is 0.347. The van der Waals surface area contributed by atoms with Crippen molar-refractivity contribution in [1.29, 1.82) is 0 Å². The standard InChI is InChI=1S/C15H16Cl2O3/c1-9-4-5-11(6-10(9)2)12(18)7-20-13(19)14(3)8-15(14,16)17/h4-6H,7-8H2,1-3H3. The van der Waals surface area contributed by atoms with E-state index in [0.29, 0.717) is 12.0 Å². The quantitative estimate of drug-likeness (QED) is 0.484. The first-order valence-electron chi connectivity index (χ1n) is 6.33. The van der Waals surface area contributed by atoms with E-state index in [1.807, 2.05) is 19.9 Å². The van der Waals surface area contributed by atoms with E-state index in [9.17, 15) is 9.59 Å². The van der Waals surface area contributed by atoms with Crippen molar-refractivity contribution >= 4 is 35.0 Å². The van der Waals surface area contributed by atoms with E-state index in [0.717, 1.165) is 11.1 Å². The number of halogens is 2. The van der Waals surface area contributed by atoms with Gasteiger partial charge < -0.3 is 4.74 Å². The molecule has 2 rings (SSSR count). The number of ether oxygens (including phenoxy) is 1. The second kappa shape index (κ2) is 5.05. The van der Waals surface area contributed by atoms with E-state index < -0.39 is 15.7 Å². The Morgan fingerprint density at radius 1 is 1.25 bits per heavy atom. The first kappa shape index (κ1) is 15.3. The van der Waals surface area contributed by atoms with Crippen molar-refractivity contribution in [2.24, 2.45) is 5.41 Å². The summed E-state index contributed by atoms with van der Waals surface area (Å²) >= 11 is 11.8. The number of carbonyl (C=O) groups is 2. The number of hydrogen-bond acceptors (Lipinski definition) is 3. The number of hydrogen-bond donors (Lipinski definition) is 0. The average molecular weight is 315 g/mol. The molecule has 0 N–H and O–H groups in total. The van der Waals surface area contributed by atoms with E-state index in [2.05, 4.69) is 0 Å². The third-order valence-electron chi connectivity index (χ3n) is 3.87. The van der Waals surface area contributed by atoms with Crippen molar-refractivity contribution in [1.82, 2.24) is 0 Å². The highest BCUT2D eigenvalue weighted by Gasteiger charge is 2.69. The molecule has 1 unspecified atom stereocenters. The van der Waals surface area contributed by atoms with Crippen LogP contribution in [0, 0.1) is 19.3 Å². The Balaban J connectivity index is 1.96. The van der Waals surface area contributed by atoms with Gasteiger partial charge >= 0.3 is 5.97 Å². The van der Waals surface area contributed by atoms with Crippen LogP contribution in [0.5, 0.6) is 0 Å². The fourth-order valence-electron chi connectivity index (χ4n) is 1.91. The summed E-state index contributed by atoms with van der Waals surface area (Å²) < 4.78 is 3.96.